The van der Waals surface area contributed by atoms with Gasteiger partial charge in [-0.15, -0.1) is 0 Å². The summed E-state index contributed by atoms with van der Waals surface area (Å²) in [5.41, 5.74) is 2.09. The van der Waals surface area contributed by atoms with Crippen molar-refractivity contribution in [1.29, 1.82) is 0 Å². The summed E-state index contributed by atoms with van der Waals surface area (Å²) in [5.74, 6) is 0.713. The van der Waals surface area contributed by atoms with Crippen LogP contribution in [0.3, 0.4) is 0 Å². The molecule has 0 bridgehead atoms. The van der Waals surface area contributed by atoms with Crippen LogP contribution in [-0.4, -0.2) is 30.2 Å². The molecule has 0 radical (unpaired) electrons. The Morgan fingerprint density at radius 3 is 2.20 bits per heavy atom. The fraction of sp³-hybridized carbons (Fsp3) is 0.300. The van der Waals surface area contributed by atoms with Gasteiger partial charge in [0.25, 0.3) is 5.91 Å². The smallest absolute Gasteiger partial charge is 0.260 e. The molecule has 0 saturated carbocycles. The van der Waals surface area contributed by atoms with Crippen molar-refractivity contribution in [2.45, 2.75) is 26.3 Å². The van der Waals surface area contributed by atoms with Gasteiger partial charge in [0.15, 0.2) is 6.61 Å². The summed E-state index contributed by atoms with van der Waals surface area (Å²) in [5, 5.41) is 0.674. The number of halogens is 1. The first kappa shape index (κ1) is 19.0. The van der Waals surface area contributed by atoms with Crippen LogP contribution < -0.4 is 4.74 Å². The van der Waals surface area contributed by atoms with E-state index < -0.39 is 0 Å². The van der Waals surface area contributed by atoms with Gasteiger partial charge >= 0.3 is 0 Å². The zero-order valence-corrected chi connectivity index (χ0v) is 15.3. The maximum absolute atomic E-state index is 12.2. The third-order valence-corrected chi connectivity index (χ3v) is 4.06. The number of aryl methyl sites for hydroxylation is 1. The Morgan fingerprint density at radius 1 is 1.00 bits per heavy atom. The van der Waals surface area contributed by atoms with Crippen LogP contribution in [0, 0.1) is 0 Å². The van der Waals surface area contributed by atoms with Crippen LogP contribution in [0.1, 0.15) is 24.5 Å². The molecular formula is C20H22ClNO3. The van der Waals surface area contributed by atoms with Gasteiger partial charge in [0.2, 0.25) is 0 Å². The number of hydrogen-bond acceptors (Lipinski definition) is 3. The van der Waals surface area contributed by atoms with E-state index in [1.54, 1.807) is 31.0 Å². The van der Waals surface area contributed by atoms with Crippen LogP contribution >= 0.6 is 11.6 Å². The summed E-state index contributed by atoms with van der Waals surface area (Å²) in [4.78, 5) is 24.8. The topological polar surface area (TPSA) is 46.6 Å². The third kappa shape index (κ3) is 6.59. The highest BCUT2D eigenvalue weighted by Crippen LogP contribution is 2.14. The van der Waals surface area contributed by atoms with E-state index in [4.69, 9.17) is 16.3 Å². The first-order valence-corrected chi connectivity index (χ1v) is 8.51. The van der Waals surface area contributed by atoms with Crippen molar-refractivity contribution in [2.24, 2.45) is 0 Å². The Hall–Kier alpha value is -2.33. The first-order valence-electron chi connectivity index (χ1n) is 8.13. The molecule has 0 aliphatic rings. The second kappa shape index (κ2) is 9.23. The lowest BCUT2D eigenvalue weighted by Gasteiger charge is -2.17. The highest BCUT2D eigenvalue weighted by Gasteiger charge is 2.10. The summed E-state index contributed by atoms with van der Waals surface area (Å²) in [7, 11) is 1.74. The molecule has 2 aromatic carbocycles. The standard InChI is InChI=1S/C20H22ClNO3/c1-15(23)3-4-16-7-11-19(12-8-16)25-14-20(24)22(2)13-17-5-9-18(21)10-6-17/h5-12H,3-4,13-14H2,1-2H3. The molecular weight excluding hydrogens is 338 g/mol. The SMILES string of the molecule is CC(=O)CCc1ccc(OCC(=O)N(C)Cc2ccc(Cl)cc2)cc1. The predicted octanol–water partition coefficient (Wildman–Crippen LogP) is 3.90. The Kier molecular flexibility index (Phi) is 7.02. The van der Waals surface area contributed by atoms with E-state index in [9.17, 15) is 9.59 Å². The quantitative estimate of drug-likeness (QED) is 0.718. The minimum atomic E-state index is -0.101. The van der Waals surface area contributed by atoms with E-state index in [-0.39, 0.29) is 18.3 Å². The number of amides is 1. The average molecular weight is 360 g/mol. The number of Topliss-reactive ketones (excluding diaryl/α,β-unsaturated/α-hetero) is 1. The van der Waals surface area contributed by atoms with Crippen LogP contribution in [-0.2, 0) is 22.6 Å². The van der Waals surface area contributed by atoms with Gasteiger partial charge in [0.1, 0.15) is 11.5 Å². The molecule has 0 aliphatic heterocycles. The van der Waals surface area contributed by atoms with Crippen LogP contribution in [0.4, 0.5) is 0 Å². The molecule has 4 nitrogen and oxygen atoms in total. The second-order valence-electron chi connectivity index (χ2n) is 6.01. The van der Waals surface area contributed by atoms with Gasteiger partial charge < -0.3 is 14.4 Å². The molecule has 0 atom stereocenters. The largest absolute Gasteiger partial charge is 0.484 e. The van der Waals surface area contributed by atoms with Gasteiger partial charge in [-0.3, -0.25) is 4.79 Å². The van der Waals surface area contributed by atoms with E-state index in [0.717, 1.165) is 17.5 Å². The lowest BCUT2D eigenvalue weighted by molar-refractivity contribution is -0.132. The zero-order chi connectivity index (χ0) is 18.2. The minimum Gasteiger partial charge on any atom is -0.484 e. The highest BCUT2D eigenvalue weighted by molar-refractivity contribution is 6.30. The Bertz CT molecular complexity index is 711. The monoisotopic (exact) mass is 359 g/mol. The molecule has 0 spiro atoms. The number of nitrogens with zero attached hydrogens (tertiary/aromatic N) is 1. The molecule has 5 heteroatoms. The summed E-state index contributed by atoms with van der Waals surface area (Å²) < 4.78 is 5.55. The molecule has 0 aliphatic carbocycles. The van der Waals surface area contributed by atoms with Crippen molar-refractivity contribution >= 4 is 23.3 Å². The summed E-state index contributed by atoms with van der Waals surface area (Å²) in [6, 6.07) is 14.9. The van der Waals surface area contributed by atoms with E-state index >= 15 is 0 Å². The zero-order valence-electron chi connectivity index (χ0n) is 14.5. The molecule has 2 rings (SSSR count). The average Bonchev–Trinajstić information content (AvgIpc) is 2.60. The molecule has 0 heterocycles. The number of carbonyl (C=O) groups is 2. The normalized spacial score (nSPS) is 10.4. The molecule has 0 N–H and O–H groups in total. The molecule has 0 unspecified atom stereocenters. The molecule has 0 aromatic heterocycles. The van der Waals surface area contributed by atoms with Crippen LogP contribution in [0.15, 0.2) is 48.5 Å². The van der Waals surface area contributed by atoms with Gasteiger partial charge in [-0.25, -0.2) is 0 Å². The number of carbonyl (C=O) groups excluding carboxylic acids is 2. The third-order valence-electron chi connectivity index (χ3n) is 3.81. The van der Waals surface area contributed by atoms with Crippen LogP contribution in [0.25, 0.3) is 0 Å². The summed E-state index contributed by atoms with van der Waals surface area (Å²) in [6.07, 6.45) is 1.26. The number of likely N-dealkylation sites (N-methyl/N-ethyl adjacent to an activating group) is 1. The molecule has 1 amide bonds. The number of benzene rings is 2. The van der Waals surface area contributed by atoms with E-state index in [1.165, 1.54) is 0 Å². The van der Waals surface area contributed by atoms with E-state index in [0.29, 0.717) is 23.7 Å². The van der Waals surface area contributed by atoms with Crippen molar-refractivity contribution in [3.63, 3.8) is 0 Å². The van der Waals surface area contributed by atoms with Crippen molar-refractivity contribution in [3.05, 3.63) is 64.7 Å². The number of rotatable bonds is 8. The van der Waals surface area contributed by atoms with Gasteiger partial charge in [0.05, 0.1) is 0 Å². The maximum Gasteiger partial charge on any atom is 0.260 e. The molecule has 2 aromatic rings. The van der Waals surface area contributed by atoms with Crippen LogP contribution in [0.2, 0.25) is 5.02 Å². The van der Waals surface area contributed by atoms with Gasteiger partial charge in [-0.1, -0.05) is 35.9 Å². The molecule has 0 fully saturated rings. The first-order chi connectivity index (χ1) is 11.9. The lowest BCUT2D eigenvalue weighted by atomic mass is 10.1. The van der Waals surface area contributed by atoms with Gasteiger partial charge in [-0.2, -0.15) is 0 Å². The Morgan fingerprint density at radius 2 is 1.60 bits per heavy atom. The molecule has 0 saturated heterocycles. The van der Waals surface area contributed by atoms with Crippen molar-refractivity contribution in [3.8, 4) is 5.75 Å². The number of ether oxygens (including phenoxy) is 1. The van der Waals surface area contributed by atoms with E-state index in [2.05, 4.69) is 0 Å². The second-order valence-corrected chi connectivity index (χ2v) is 6.45. The Labute approximate surface area is 153 Å². The van der Waals surface area contributed by atoms with Crippen molar-refractivity contribution in [1.82, 2.24) is 4.90 Å². The fourth-order valence-electron chi connectivity index (χ4n) is 2.28. The number of ketones is 1. The summed E-state index contributed by atoms with van der Waals surface area (Å²) >= 11 is 5.86. The van der Waals surface area contributed by atoms with Crippen LogP contribution in [0.5, 0.6) is 5.75 Å². The van der Waals surface area contributed by atoms with Crippen molar-refractivity contribution < 1.29 is 14.3 Å². The van der Waals surface area contributed by atoms with Gasteiger partial charge in [-0.05, 0) is 48.7 Å². The summed E-state index contributed by atoms with van der Waals surface area (Å²) in [6.45, 7) is 2.07. The predicted molar refractivity (Wildman–Crippen MR) is 98.9 cm³/mol. The highest BCUT2D eigenvalue weighted by atomic mass is 35.5. The minimum absolute atomic E-state index is 0.0170. The molecule has 132 valence electrons. The Balaban J connectivity index is 1.80. The lowest BCUT2D eigenvalue weighted by Crippen LogP contribution is -2.30. The maximum atomic E-state index is 12.2. The van der Waals surface area contributed by atoms with E-state index in [1.807, 2.05) is 36.4 Å². The fourth-order valence-corrected chi connectivity index (χ4v) is 2.41. The van der Waals surface area contributed by atoms with Gasteiger partial charge in [0, 0.05) is 25.0 Å². The molecule has 25 heavy (non-hydrogen) atoms. The van der Waals surface area contributed by atoms with Crippen molar-refractivity contribution in [2.75, 3.05) is 13.7 Å². The number of hydrogen-bond donors (Lipinski definition) is 0.